The summed E-state index contributed by atoms with van der Waals surface area (Å²) in [6.45, 7) is 0. The highest BCUT2D eigenvalue weighted by atomic mass is 35.5. The maximum Gasteiger partial charge on any atom is 0.244 e. The fourth-order valence-electron chi connectivity index (χ4n) is 2.05. The molecule has 106 valence electrons. The third kappa shape index (κ3) is 2.63. The number of tetrazole rings is 1. The molecule has 0 bridgehead atoms. The lowest BCUT2D eigenvalue weighted by atomic mass is 9.77. The number of nitrogens with zero attached hydrogens (tertiary/aromatic N) is 4. The summed E-state index contributed by atoms with van der Waals surface area (Å²) in [7, 11) is 0. The molecule has 0 saturated heterocycles. The van der Waals surface area contributed by atoms with Gasteiger partial charge < -0.3 is 11.1 Å². The first-order valence-corrected chi connectivity index (χ1v) is 6.11. The molecule has 1 aromatic carbocycles. The van der Waals surface area contributed by atoms with Crippen molar-refractivity contribution < 1.29 is 4.79 Å². The van der Waals surface area contributed by atoms with Crippen LogP contribution in [0.4, 0.5) is 5.69 Å². The predicted molar refractivity (Wildman–Crippen MR) is 75.8 cm³/mol. The van der Waals surface area contributed by atoms with Crippen molar-refractivity contribution in [2.45, 2.75) is 24.8 Å². The molecule has 2 aromatic rings. The van der Waals surface area contributed by atoms with E-state index < -0.39 is 5.54 Å². The minimum atomic E-state index is -0.704. The van der Waals surface area contributed by atoms with E-state index in [-0.39, 0.29) is 18.3 Å². The topological polar surface area (TPSA) is 98.7 Å². The number of hydrogen-bond donors (Lipinski definition) is 2. The molecule has 0 unspecified atom stereocenters. The summed E-state index contributed by atoms with van der Waals surface area (Å²) in [6, 6.07) is 7.30. The van der Waals surface area contributed by atoms with Gasteiger partial charge in [0.25, 0.3) is 0 Å². The van der Waals surface area contributed by atoms with Crippen LogP contribution in [0.15, 0.2) is 30.6 Å². The first-order chi connectivity index (χ1) is 9.17. The van der Waals surface area contributed by atoms with Gasteiger partial charge >= 0.3 is 0 Å². The van der Waals surface area contributed by atoms with Gasteiger partial charge in [-0.15, -0.1) is 17.5 Å². The molecular formula is C12H15ClN6O. The molecule has 3 rings (SSSR count). The van der Waals surface area contributed by atoms with Crippen LogP contribution in [0.25, 0.3) is 5.69 Å². The molecule has 0 aliphatic heterocycles. The summed E-state index contributed by atoms with van der Waals surface area (Å²) < 4.78 is 1.53. The van der Waals surface area contributed by atoms with Crippen molar-refractivity contribution in [1.82, 2.24) is 20.2 Å². The number of hydrogen-bond acceptors (Lipinski definition) is 5. The fraction of sp³-hybridized carbons (Fsp3) is 0.333. The molecule has 8 heteroatoms. The van der Waals surface area contributed by atoms with Gasteiger partial charge in [-0.25, -0.2) is 4.68 Å². The van der Waals surface area contributed by atoms with Crippen molar-refractivity contribution in [3.05, 3.63) is 30.6 Å². The highest BCUT2D eigenvalue weighted by molar-refractivity contribution is 5.98. The molecule has 1 aromatic heterocycles. The predicted octanol–water partition coefficient (Wildman–Crippen LogP) is 0.904. The fourth-order valence-corrected chi connectivity index (χ4v) is 2.05. The number of carbonyl (C=O) groups is 1. The van der Waals surface area contributed by atoms with Gasteiger partial charge in [0.05, 0.1) is 11.2 Å². The van der Waals surface area contributed by atoms with E-state index >= 15 is 0 Å². The lowest BCUT2D eigenvalue weighted by Gasteiger charge is -2.36. The normalized spacial score (nSPS) is 15.8. The van der Waals surface area contributed by atoms with E-state index in [0.717, 1.165) is 24.9 Å². The van der Waals surface area contributed by atoms with Crippen molar-refractivity contribution in [3.63, 3.8) is 0 Å². The van der Waals surface area contributed by atoms with Crippen LogP contribution >= 0.6 is 12.4 Å². The number of aromatic nitrogens is 4. The Balaban J connectivity index is 0.00000147. The van der Waals surface area contributed by atoms with E-state index in [1.54, 1.807) is 6.07 Å². The van der Waals surface area contributed by atoms with Crippen LogP contribution in [-0.4, -0.2) is 31.7 Å². The number of carbonyl (C=O) groups excluding carboxylic acids is 1. The van der Waals surface area contributed by atoms with Gasteiger partial charge in [0, 0.05) is 5.69 Å². The molecule has 20 heavy (non-hydrogen) atoms. The molecule has 1 saturated carbocycles. The summed E-state index contributed by atoms with van der Waals surface area (Å²) in [5.41, 5.74) is 6.74. The molecule has 1 heterocycles. The number of benzene rings is 1. The molecule has 0 radical (unpaired) electrons. The van der Waals surface area contributed by atoms with E-state index in [1.807, 2.05) is 18.2 Å². The van der Waals surface area contributed by atoms with Gasteiger partial charge in [-0.1, -0.05) is 6.07 Å². The maximum atomic E-state index is 12.0. The SMILES string of the molecule is Cl.NC1(C(=O)Nc2cccc(-n3cnnn3)c2)CCC1. The molecule has 1 fully saturated rings. The molecule has 0 spiro atoms. The van der Waals surface area contributed by atoms with E-state index in [2.05, 4.69) is 20.8 Å². The van der Waals surface area contributed by atoms with Gasteiger partial charge in [-0.3, -0.25) is 4.79 Å². The summed E-state index contributed by atoms with van der Waals surface area (Å²) >= 11 is 0. The summed E-state index contributed by atoms with van der Waals surface area (Å²) in [6.07, 6.45) is 3.99. The van der Waals surface area contributed by atoms with Crippen LogP contribution in [0.2, 0.25) is 0 Å². The van der Waals surface area contributed by atoms with E-state index in [9.17, 15) is 4.79 Å². The number of amides is 1. The van der Waals surface area contributed by atoms with Crippen LogP contribution in [-0.2, 0) is 4.79 Å². The zero-order valence-corrected chi connectivity index (χ0v) is 11.5. The number of halogens is 1. The van der Waals surface area contributed by atoms with Crippen LogP contribution in [0, 0.1) is 0 Å². The van der Waals surface area contributed by atoms with E-state index in [4.69, 9.17) is 5.73 Å². The van der Waals surface area contributed by atoms with Gasteiger partial charge in [0.2, 0.25) is 5.91 Å². The quantitative estimate of drug-likeness (QED) is 0.876. The third-order valence-corrected chi connectivity index (χ3v) is 3.42. The average molecular weight is 295 g/mol. The number of rotatable bonds is 3. The lowest BCUT2D eigenvalue weighted by Crippen LogP contribution is -2.56. The first kappa shape index (κ1) is 14.4. The minimum absolute atomic E-state index is 0. The molecule has 1 aliphatic rings. The number of nitrogens with one attached hydrogen (secondary N) is 1. The minimum Gasteiger partial charge on any atom is -0.324 e. The Morgan fingerprint density at radius 3 is 2.80 bits per heavy atom. The highest BCUT2D eigenvalue weighted by Gasteiger charge is 2.40. The number of anilines is 1. The molecule has 0 atom stereocenters. The van der Waals surface area contributed by atoms with Crippen LogP contribution in [0.5, 0.6) is 0 Å². The average Bonchev–Trinajstić information content (AvgIpc) is 2.90. The Labute approximate surface area is 121 Å². The standard InChI is InChI=1S/C12H14N6O.ClH/c13-12(5-2-6-12)11(19)15-9-3-1-4-10(7-9)18-8-14-16-17-18;/h1,3-4,7-8H,2,5-6,13H2,(H,15,19);1H. The van der Waals surface area contributed by atoms with Crippen molar-refractivity contribution in [1.29, 1.82) is 0 Å². The first-order valence-electron chi connectivity index (χ1n) is 6.11. The van der Waals surface area contributed by atoms with E-state index in [1.165, 1.54) is 11.0 Å². The van der Waals surface area contributed by atoms with Crippen molar-refractivity contribution in [3.8, 4) is 5.69 Å². The van der Waals surface area contributed by atoms with Gasteiger partial charge in [-0.2, -0.15) is 0 Å². The smallest absolute Gasteiger partial charge is 0.244 e. The summed E-state index contributed by atoms with van der Waals surface area (Å²) in [4.78, 5) is 12.0. The second-order valence-electron chi connectivity index (χ2n) is 4.77. The van der Waals surface area contributed by atoms with Crippen LogP contribution in [0.3, 0.4) is 0 Å². The molecule has 7 nitrogen and oxygen atoms in total. The van der Waals surface area contributed by atoms with Crippen molar-refractivity contribution in [2.24, 2.45) is 5.73 Å². The Morgan fingerprint density at radius 2 is 2.20 bits per heavy atom. The molecular weight excluding hydrogens is 280 g/mol. The van der Waals surface area contributed by atoms with Crippen LogP contribution in [0.1, 0.15) is 19.3 Å². The monoisotopic (exact) mass is 294 g/mol. The van der Waals surface area contributed by atoms with Crippen molar-refractivity contribution >= 4 is 24.0 Å². The van der Waals surface area contributed by atoms with Crippen molar-refractivity contribution in [2.75, 3.05) is 5.32 Å². The maximum absolute atomic E-state index is 12.0. The van der Waals surface area contributed by atoms with Crippen LogP contribution < -0.4 is 11.1 Å². The zero-order valence-electron chi connectivity index (χ0n) is 10.7. The summed E-state index contributed by atoms with van der Waals surface area (Å²) in [5, 5.41) is 13.8. The Bertz CT molecular complexity index is 596. The van der Waals surface area contributed by atoms with Gasteiger partial charge in [-0.05, 0) is 47.9 Å². The molecule has 3 N–H and O–H groups in total. The lowest BCUT2D eigenvalue weighted by molar-refractivity contribution is -0.123. The number of nitrogens with two attached hydrogens (primary N) is 1. The Morgan fingerprint density at radius 1 is 1.40 bits per heavy atom. The zero-order chi connectivity index (χ0) is 13.3. The van der Waals surface area contributed by atoms with Gasteiger partial charge in [0.1, 0.15) is 6.33 Å². The van der Waals surface area contributed by atoms with Gasteiger partial charge in [0.15, 0.2) is 0 Å². The second kappa shape index (κ2) is 5.56. The summed E-state index contributed by atoms with van der Waals surface area (Å²) in [5.74, 6) is -0.132. The Kier molecular flexibility index (Phi) is 4.01. The largest absolute Gasteiger partial charge is 0.324 e. The second-order valence-corrected chi connectivity index (χ2v) is 4.77. The molecule has 1 aliphatic carbocycles. The van der Waals surface area contributed by atoms with E-state index in [0.29, 0.717) is 5.69 Å². The third-order valence-electron chi connectivity index (χ3n) is 3.42. The Hall–Kier alpha value is -1.99. The molecule has 1 amide bonds. The highest BCUT2D eigenvalue weighted by Crippen LogP contribution is 2.30.